The lowest BCUT2D eigenvalue weighted by molar-refractivity contribution is 0.213. The summed E-state index contributed by atoms with van der Waals surface area (Å²) in [5.74, 6) is 1.06. The second-order valence-electron chi connectivity index (χ2n) is 5.29. The Bertz CT molecular complexity index is 652. The highest BCUT2D eigenvalue weighted by Crippen LogP contribution is 2.39. The van der Waals surface area contributed by atoms with Crippen LogP contribution in [0.25, 0.3) is 0 Å². The number of rotatable bonds is 3. The lowest BCUT2D eigenvalue weighted by Gasteiger charge is -2.16. The van der Waals surface area contributed by atoms with Crippen LogP contribution >= 0.6 is 0 Å². The first-order valence-corrected chi connectivity index (χ1v) is 6.89. The third-order valence-corrected chi connectivity index (χ3v) is 3.73. The zero-order chi connectivity index (χ0) is 15.0. The normalized spacial score (nSPS) is 18.0. The number of ether oxygens (including phenoxy) is 2. The van der Waals surface area contributed by atoms with E-state index >= 15 is 0 Å². The molecule has 0 saturated heterocycles. The Morgan fingerprint density at radius 2 is 2.00 bits per heavy atom. The van der Waals surface area contributed by atoms with Crippen LogP contribution in [0, 0.1) is 5.82 Å². The number of fused-ring (bicyclic) bond motifs is 1. The Morgan fingerprint density at radius 3 is 2.67 bits per heavy atom. The van der Waals surface area contributed by atoms with E-state index in [2.05, 4.69) is 0 Å². The van der Waals surface area contributed by atoms with Gasteiger partial charge in [0.15, 0.2) is 0 Å². The number of aliphatic hydroxyl groups is 1. The van der Waals surface area contributed by atoms with E-state index in [1.54, 1.807) is 19.2 Å². The summed E-state index contributed by atoms with van der Waals surface area (Å²) in [7, 11) is 1.57. The van der Waals surface area contributed by atoms with Crippen molar-refractivity contribution in [3.05, 3.63) is 58.9 Å². The standard InChI is InChI=1S/C17H17FO3/c1-10-7-12-8-16(20-2)14(9-15(12)21-10)17(19)11-3-5-13(18)6-4-11/h3-6,8-10,17,19H,7H2,1-2H3. The van der Waals surface area contributed by atoms with Gasteiger partial charge in [-0.05, 0) is 36.8 Å². The molecule has 1 aliphatic heterocycles. The highest BCUT2D eigenvalue weighted by molar-refractivity contribution is 5.51. The molecule has 0 saturated carbocycles. The minimum absolute atomic E-state index is 0.128. The van der Waals surface area contributed by atoms with E-state index in [0.29, 0.717) is 16.9 Å². The summed E-state index contributed by atoms with van der Waals surface area (Å²) in [5, 5.41) is 10.5. The minimum atomic E-state index is -0.884. The van der Waals surface area contributed by atoms with Gasteiger partial charge in [-0.3, -0.25) is 0 Å². The largest absolute Gasteiger partial charge is 0.496 e. The van der Waals surface area contributed by atoms with E-state index in [1.807, 2.05) is 19.1 Å². The molecular weight excluding hydrogens is 271 g/mol. The van der Waals surface area contributed by atoms with E-state index in [0.717, 1.165) is 17.7 Å². The third-order valence-electron chi connectivity index (χ3n) is 3.73. The van der Waals surface area contributed by atoms with Crippen LogP contribution in [0.15, 0.2) is 36.4 Å². The minimum Gasteiger partial charge on any atom is -0.496 e. The van der Waals surface area contributed by atoms with Crippen LogP contribution in [-0.2, 0) is 6.42 Å². The van der Waals surface area contributed by atoms with Gasteiger partial charge in [-0.2, -0.15) is 0 Å². The predicted octanol–water partition coefficient (Wildman–Crippen LogP) is 3.24. The first-order valence-electron chi connectivity index (χ1n) is 6.89. The molecule has 1 N–H and O–H groups in total. The number of halogens is 1. The van der Waals surface area contributed by atoms with Crippen molar-refractivity contribution in [2.45, 2.75) is 25.6 Å². The van der Waals surface area contributed by atoms with Gasteiger partial charge in [0.05, 0.1) is 7.11 Å². The van der Waals surface area contributed by atoms with Gasteiger partial charge < -0.3 is 14.6 Å². The van der Waals surface area contributed by atoms with Crippen LogP contribution in [0.1, 0.15) is 29.7 Å². The monoisotopic (exact) mass is 288 g/mol. The van der Waals surface area contributed by atoms with Crippen LogP contribution in [0.3, 0.4) is 0 Å². The van der Waals surface area contributed by atoms with Crippen molar-refractivity contribution in [2.75, 3.05) is 7.11 Å². The Kier molecular flexibility index (Phi) is 3.55. The molecular formula is C17H17FO3. The smallest absolute Gasteiger partial charge is 0.125 e. The van der Waals surface area contributed by atoms with Crippen LogP contribution in [0.2, 0.25) is 0 Å². The van der Waals surface area contributed by atoms with Crippen molar-refractivity contribution >= 4 is 0 Å². The Balaban J connectivity index is 2.01. The molecule has 0 spiro atoms. The molecule has 2 aromatic carbocycles. The summed E-state index contributed by atoms with van der Waals surface area (Å²) in [6, 6.07) is 9.51. The van der Waals surface area contributed by atoms with E-state index in [9.17, 15) is 9.50 Å². The molecule has 1 heterocycles. The van der Waals surface area contributed by atoms with Crippen LogP contribution < -0.4 is 9.47 Å². The summed E-state index contributed by atoms with van der Waals surface area (Å²) in [4.78, 5) is 0. The fourth-order valence-electron chi connectivity index (χ4n) is 2.67. The van der Waals surface area contributed by atoms with Gasteiger partial charge in [0, 0.05) is 17.5 Å². The summed E-state index contributed by atoms with van der Waals surface area (Å²) in [6.45, 7) is 2.00. The number of benzene rings is 2. The number of hydrogen-bond acceptors (Lipinski definition) is 3. The Hall–Kier alpha value is -2.07. The van der Waals surface area contributed by atoms with E-state index < -0.39 is 6.10 Å². The van der Waals surface area contributed by atoms with Gasteiger partial charge in [0.2, 0.25) is 0 Å². The first kappa shape index (κ1) is 13.9. The first-order chi connectivity index (χ1) is 10.1. The van der Waals surface area contributed by atoms with Crippen molar-refractivity contribution in [3.8, 4) is 11.5 Å². The van der Waals surface area contributed by atoms with Crippen molar-refractivity contribution in [3.63, 3.8) is 0 Å². The molecule has 0 fully saturated rings. The second kappa shape index (κ2) is 5.37. The number of hydrogen-bond donors (Lipinski definition) is 1. The van der Waals surface area contributed by atoms with Crippen molar-refractivity contribution in [1.82, 2.24) is 0 Å². The molecule has 110 valence electrons. The predicted molar refractivity (Wildman–Crippen MR) is 77.2 cm³/mol. The molecule has 0 aromatic heterocycles. The van der Waals surface area contributed by atoms with Gasteiger partial charge in [0.25, 0.3) is 0 Å². The quantitative estimate of drug-likeness (QED) is 0.942. The lowest BCUT2D eigenvalue weighted by atomic mass is 9.98. The number of aliphatic hydroxyl groups excluding tert-OH is 1. The van der Waals surface area contributed by atoms with Gasteiger partial charge in [-0.25, -0.2) is 4.39 Å². The SMILES string of the molecule is COc1cc2c(cc1C(O)c1ccc(F)cc1)OC(C)C2. The molecule has 3 rings (SSSR count). The van der Waals surface area contributed by atoms with Gasteiger partial charge in [-0.1, -0.05) is 12.1 Å². The molecule has 21 heavy (non-hydrogen) atoms. The van der Waals surface area contributed by atoms with Crippen molar-refractivity contribution in [1.29, 1.82) is 0 Å². The molecule has 2 unspecified atom stereocenters. The fourth-order valence-corrected chi connectivity index (χ4v) is 2.67. The fraction of sp³-hybridized carbons (Fsp3) is 0.294. The molecule has 0 amide bonds. The average Bonchev–Trinajstić information content (AvgIpc) is 2.85. The summed E-state index contributed by atoms with van der Waals surface area (Å²) in [6.07, 6.45) is 0.0757. The molecule has 2 aromatic rings. The van der Waals surface area contributed by atoms with Gasteiger partial charge in [-0.15, -0.1) is 0 Å². The zero-order valence-corrected chi connectivity index (χ0v) is 12.0. The van der Waals surface area contributed by atoms with Crippen molar-refractivity contribution in [2.24, 2.45) is 0 Å². The molecule has 4 heteroatoms. The van der Waals surface area contributed by atoms with E-state index in [4.69, 9.17) is 9.47 Å². The van der Waals surface area contributed by atoms with Crippen LogP contribution in [-0.4, -0.2) is 18.3 Å². The molecule has 0 aliphatic carbocycles. The maximum absolute atomic E-state index is 13.0. The summed E-state index contributed by atoms with van der Waals surface area (Å²) >= 11 is 0. The van der Waals surface area contributed by atoms with Gasteiger partial charge in [0.1, 0.15) is 29.5 Å². The summed E-state index contributed by atoms with van der Waals surface area (Å²) < 4.78 is 24.1. The average molecular weight is 288 g/mol. The van der Waals surface area contributed by atoms with Crippen LogP contribution in [0.4, 0.5) is 4.39 Å². The number of methoxy groups -OCH3 is 1. The van der Waals surface area contributed by atoms with E-state index in [1.165, 1.54) is 12.1 Å². The maximum atomic E-state index is 13.0. The molecule has 0 bridgehead atoms. The Labute approximate surface area is 122 Å². The van der Waals surface area contributed by atoms with Gasteiger partial charge >= 0.3 is 0 Å². The van der Waals surface area contributed by atoms with Crippen molar-refractivity contribution < 1.29 is 19.0 Å². The van der Waals surface area contributed by atoms with Crippen LogP contribution in [0.5, 0.6) is 11.5 Å². The highest BCUT2D eigenvalue weighted by Gasteiger charge is 2.24. The zero-order valence-electron chi connectivity index (χ0n) is 12.0. The highest BCUT2D eigenvalue weighted by atomic mass is 19.1. The third kappa shape index (κ3) is 2.59. The Morgan fingerprint density at radius 1 is 1.29 bits per heavy atom. The summed E-state index contributed by atoms with van der Waals surface area (Å²) in [5.41, 5.74) is 2.31. The van der Waals surface area contributed by atoms with E-state index in [-0.39, 0.29) is 11.9 Å². The molecule has 1 aliphatic rings. The maximum Gasteiger partial charge on any atom is 0.125 e. The molecule has 0 radical (unpaired) electrons. The topological polar surface area (TPSA) is 38.7 Å². The molecule has 3 nitrogen and oxygen atoms in total. The second-order valence-corrected chi connectivity index (χ2v) is 5.29. The molecule has 2 atom stereocenters. The lowest BCUT2D eigenvalue weighted by Crippen LogP contribution is -2.05.